The van der Waals surface area contributed by atoms with E-state index < -0.39 is 17.8 Å². The van der Waals surface area contributed by atoms with Gasteiger partial charge in [0.2, 0.25) is 5.88 Å². The number of ether oxygens (including phenoxy) is 4. The molecule has 2 aliphatic heterocycles. The number of anilines is 2. The molecule has 0 bridgehead atoms. The Morgan fingerprint density at radius 3 is 2.80 bits per heavy atom. The van der Waals surface area contributed by atoms with Gasteiger partial charge >= 0.3 is 12.2 Å². The summed E-state index contributed by atoms with van der Waals surface area (Å²) in [5.74, 6) is 1.33. The zero-order valence-electron chi connectivity index (χ0n) is 24.9. The van der Waals surface area contributed by atoms with Crippen molar-refractivity contribution in [1.82, 2.24) is 20.6 Å². The molecule has 3 amide bonds. The van der Waals surface area contributed by atoms with Crippen molar-refractivity contribution in [2.75, 3.05) is 43.1 Å². The summed E-state index contributed by atoms with van der Waals surface area (Å²) in [5, 5.41) is 8.74. The molecule has 44 heavy (non-hydrogen) atoms. The van der Waals surface area contributed by atoms with Gasteiger partial charge in [0.1, 0.15) is 24.1 Å². The normalized spacial score (nSPS) is 16.0. The Morgan fingerprint density at radius 1 is 1.11 bits per heavy atom. The monoisotopic (exact) mass is 604 g/mol. The predicted molar refractivity (Wildman–Crippen MR) is 162 cm³/mol. The summed E-state index contributed by atoms with van der Waals surface area (Å²) >= 11 is 0. The molecule has 5 rings (SSSR count). The lowest BCUT2D eigenvalue weighted by atomic mass is 10.0. The fourth-order valence-corrected chi connectivity index (χ4v) is 4.61. The lowest BCUT2D eigenvalue weighted by Gasteiger charge is -2.19. The third kappa shape index (κ3) is 8.34. The Kier molecular flexibility index (Phi) is 9.44. The number of amides is 3. The van der Waals surface area contributed by atoms with Crippen LogP contribution in [0.3, 0.4) is 0 Å². The molecule has 0 radical (unpaired) electrons. The fourth-order valence-electron chi connectivity index (χ4n) is 4.61. The molecule has 3 aromatic rings. The number of nitrogens with zero attached hydrogens (tertiary/aromatic N) is 3. The van der Waals surface area contributed by atoms with Gasteiger partial charge in [-0.05, 0) is 74.7 Å². The van der Waals surface area contributed by atoms with E-state index in [1.807, 2.05) is 51.1 Å². The van der Waals surface area contributed by atoms with E-state index in [1.165, 1.54) is 4.90 Å². The van der Waals surface area contributed by atoms with E-state index in [4.69, 9.17) is 18.9 Å². The van der Waals surface area contributed by atoms with E-state index in [0.29, 0.717) is 55.9 Å². The van der Waals surface area contributed by atoms with E-state index in [0.717, 1.165) is 16.7 Å². The van der Waals surface area contributed by atoms with Crippen molar-refractivity contribution in [2.45, 2.75) is 45.4 Å². The quantitative estimate of drug-likeness (QED) is 0.275. The number of cyclic esters (lactones) is 1. The van der Waals surface area contributed by atoms with Crippen LogP contribution in [0.15, 0.2) is 54.7 Å². The van der Waals surface area contributed by atoms with Crippen LogP contribution in [0.1, 0.15) is 32.8 Å². The molecular formula is C31H36N6O7. The summed E-state index contributed by atoms with van der Waals surface area (Å²) in [4.78, 5) is 46.0. The number of hydrogen-bond donors (Lipinski definition) is 3. The van der Waals surface area contributed by atoms with Crippen LogP contribution in [0.5, 0.6) is 11.6 Å². The number of carbonyl (C=O) groups is 3. The van der Waals surface area contributed by atoms with Gasteiger partial charge < -0.3 is 34.9 Å². The Hall–Kier alpha value is -4.91. The minimum absolute atomic E-state index is 0.0587. The van der Waals surface area contributed by atoms with Gasteiger partial charge in [-0.2, -0.15) is 0 Å². The van der Waals surface area contributed by atoms with Crippen LogP contribution in [-0.2, 0) is 20.8 Å². The highest BCUT2D eigenvalue weighted by molar-refractivity contribution is 5.95. The summed E-state index contributed by atoms with van der Waals surface area (Å²) < 4.78 is 21.8. The number of aromatic nitrogens is 2. The molecule has 3 N–H and O–H groups in total. The molecule has 13 nitrogen and oxygen atoms in total. The topological polar surface area (TPSA) is 153 Å². The average molecular weight is 605 g/mol. The maximum atomic E-state index is 12.5. The minimum atomic E-state index is -0.558. The second-order valence-corrected chi connectivity index (χ2v) is 11.3. The fraction of sp³-hybridized carbons (Fsp3) is 0.387. The molecule has 1 fully saturated rings. The van der Waals surface area contributed by atoms with Crippen molar-refractivity contribution in [3.63, 3.8) is 0 Å². The van der Waals surface area contributed by atoms with E-state index in [2.05, 4.69) is 32.0 Å². The Bertz CT molecular complexity index is 1510. The molecule has 2 aliphatic rings. The smallest absolute Gasteiger partial charge is 0.415 e. The summed E-state index contributed by atoms with van der Waals surface area (Å²) in [7, 11) is 0. The molecule has 1 aromatic carbocycles. The largest absolute Gasteiger partial charge is 0.480 e. The van der Waals surface area contributed by atoms with Gasteiger partial charge in [0.25, 0.3) is 5.91 Å². The summed E-state index contributed by atoms with van der Waals surface area (Å²) in [6, 6.07) is 15.3. The molecule has 2 aromatic heterocycles. The van der Waals surface area contributed by atoms with Gasteiger partial charge in [-0.1, -0.05) is 18.2 Å². The number of alkyl carbamates (subject to hydrolysis) is 1. The lowest BCUT2D eigenvalue weighted by molar-refractivity contribution is -0.118. The molecule has 4 heterocycles. The van der Waals surface area contributed by atoms with Crippen LogP contribution in [0.25, 0.3) is 11.1 Å². The molecule has 0 spiro atoms. The molecule has 1 atom stereocenters. The van der Waals surface area contributed by atoms with Crippen molar-refractivity contribution >= 4 is 29.7 Å². The number of pyridine rings is 2. The summed E-state index contributed by atoms with van der Waals surface area (Å²) in [6.45, 7) is 7.55. The first-order chi connectivity index (χ1) is 21.1. The zero-order chi connectivity index (χ0) is 31.1. The van der Waals surface area contributed by atoms with Crippen molar-refractivity contribution in [2.24, 2.45) is 0 Å². The lowest BCUT2D eigenvalue weighted by Crippen LogP contribution is -2.34. The molecular weight excluding hydrogens is 568 g/mol. The Labute approximate surface area is 255 Å². The first kappa shape index (κ1) is 30.5. The maximum Gasteiger partial charge on any atom is 0.415 e. The van der Waals surface area contributed by atoms with Crippen LogP contribution in [-0.4, -0.2) is 72.6 Å². The Balaban J connectivity index is 1.06. The van der Waals surface area contributed by atoms with E-state index in [-0.39, 0.29) is 25.2 Å². The van der Waals surface area contributed by atoms with Crippen LogP contribution in [0.2, 0.25) is 0 Å². The van der Waals surface area contributed by atoms with Gasteiger partial charge in [0, 0.05) is 18.8 Å². The third-order valence-corrected chi connectivity index (χ3v) is 6.60. The van der Waals surface area contributed by atoms with Crippen LogP contribution >= 0.6 is 0 Å². The highest BCUT2D eigenvalue weighted by Gasteiger charge is 2.33. The van der Waals surface area contributed by atoms with E-state index in [1.54, 1.807) is 18.3 Å². The number of fused-ring (bicyclic) bond motifs is 1. The third-order valence-electron chi connectivity index (χ3n) is 6.60. The number of carbonyl (C=O) groups excluding carboxylic acids is 3. The maximum absolute atomic E-state index is 12.5. The molecule has 0 aliphatic carbocycles. The van der Waals surface area contributed by atoms with Crippen LogP contribution in [0.4, 0.5) is 21.2 Å². The highest BCUT2D eigenvalue weighted by atomic mass is 16.6. The second kappa shape index (κ2) is 13.6. The molecule has 232 valence electrons. The minimum Gasteiger partial charge on any atom is -0.480 e. The van der Waals surface area contributed by atoms with Crippen LogP contribution < -0.4 is 30.3 Å². The first-order valence-corrected chi connectivity index (χ1v) is 14.4. The van der Waals surface area contributed by atoms with E-state index in [9.17, 15) is 14.4 Å². The number of benzene rings is 1. The number of rotatable bonds is 11. The van der Waals surface area contributed by atoms with E-state index >= 15 is 0 Å². The average Bonchev–Trinajstić information content (AvgIpc) is 3.36. The van der Waals surface area contributed by atoms with Crippen molar-refractivity contribution in [3.05, 3.63) is 60.3 Å². The van der Waals surface area contributed by atoms with Crippen molar-refractivity contribution in [1.29, 1.82) is 0 Å². The van der Waals surface area contributed by atoms with Gasteiger partial charge in [-0.25, -0.2) is 19.6 Å². The predicted octanol–water partition coefficient (Wildman–Crippen LogP) is 3.88. The van der Waals surface area contributed by atoms with Gasteiger partial charge in [-0.15, -0.1) is 0 Å². The van der Waals surface area contributed by atoms with Crippen molar-refractivity contribution in [3.8, 4) is 22.8 Å². The first-order valence-electron chi connectivity index (χ1n) is 14.4. The van der Waals surface area contributed by atoms with Crippen molar-refractivity contribution < 1.29 is 33.3 Å². The second-order valence-electron chi connectivity index (χ2n) is 11.3. The molecule has 0 saturated carbocycles. The standard InChI is InChI=1S/C31H36N6O7/c1-31(2,3)44-29(39)34-13-14-41-27-16-22(9-12-33-27)21-6-4-5-20(15-21)17-32-11-10-23-18-37(30(40)43-23)25-8-7-24-28(35-25)36-26(38)19-42-24/h4-9,12,15-16,23,32H,10-11,13-14,17-19H2,1-3H3,(H,34,39)(H,35,36,38). The molecule has 1 saturated heterocycles. The number of nitrogens with one attached hydrogen (secondary N) is 3. The van der Waals surface area contributed by atoms with Crippen LogP contribution in [0, 0.1) is 0 Å². The summed E-state index contributed by atoms with van der Waals surface area (Å²) in [6.07, 6.45) is 1.06. The molecule has 1 unspecified atom stereocenters. The molecule has 13 heteroatoms. The zero-order valence-corrected chi connectivity index (χ0v) is 24.9. The van der Waals surface area contributed by atoms with Gasteiger partial charge in [0.05, 0.1) is 13.1 Å². The Morgan fingerprint density at radius 2 is 1.95 bits per heavy atom. The van der Waals surface area contributed by atoms with Gasteiger partial charge in [0.15, 0.2) is 18.2 Å². The summed E-state index contributed by atoms with van der Waals surface area (Å²) in [5.41, 5.74) is 2.51. The SMILES string of the molecule is CC(C)(C)OC(=O)NCCOc1cc(-c2cccc(CNCCC3CN(c4ccc5c(n4)NC(=O)CO5)C(=O)O3)c2)ccn1. The highest BCUT2D eigenvalue weighted by Crippen LogP contribution is 2.30. The number of hydrogen-bond acceptors (Lipinski definition) is 10. The van der Waals surface area contributed by atoms with Gasteiger partial charge in [-0.3, -0.25) is 9.69 Å².